The molecule has 0 radical (unpaired) electrons. The van der Waals surface area contributed by atoms with Crippen LogP contribution >= 0.6 is 11.3 Å². The summed E-state index contributed by atoms with van der Waals surface area (Å²) < 4.78 is 2.36. The van der Waals surface area contributed by atoms with Crippen molar-refractivity contribution in [1.29, 1.82) is 0 Å². The second kappa shape index (κ2) is 6.67. The molecule has 132 valence electrons. The van der Waals surface area contributed by atoms with E-state index >= 15 is 0 Å². The van der Waals surface area contributed by atoms with E-state index in [4.69, 9.17) is 0 Å². The first kappa shape index (κ1) is 17.2. The zero-order valence-electron chi connectivity index (χ0n) is 14.5. The van der Waals surface area contributed by atoms with Gasteiger partial charge in [-0.2, -0.15) is 5.10 Å². The molecule has 0 aromatic carbocycles. The fraction of sp³-hybridized carbons (Fsp3) is 0.375. The lowest BCUT2D eigenvalue weighted by molar-refractivity contribution is 0.202. The van der Waals surface area contributed by atoms with E-state index in [-0.39, 0.29) is 24.2 Å². The topological polar surface area (TPSA) is 95.9 Å². The highest BCUT2D eigenvalue weighted by molar-refractivity contribution is 7.17. The molecule has 0 saturated carbocycles. The van der Waals surface area contributed by atoms with Crippen molar-refractivity contribution in [2.24, 2.45) is 7.05 Å². The number of fused-ring (bicyclic) bond motifs is 1. The number of nitrogens with zero attached hydrogens (tertiary/aromatic N) is 4. The highest BCUT2D eigenvalue weighted by atomic mass is 32.1. The molecule has 25 heavy (non-hydrogen) atoms. The molecule has 3 aromatic rings. The zero-order valence-corrected chi connectivity index (χ0v) is 15.3. The maximum atomic E-state index is 12.4. The van der Waals surface area contributed by atoms with Crippen molar-refractivity contribution in [2.75, 3.05) is 7.05 Å². The third kappa shape index (κ3) is 3.41. The number of rotatable bonds is 4. The fourth-order valence-corrected chi connectivity index (χ4v) is 3.33. The van der Waals surface area contributed by atoms with Gasteiger partial charge in [-0.25, -0.2) is 9.78 Å². The number of carbonyl (C=O) groups excluding carboxylic acids is 1. The molecule has 1 atom stereocenters. The van der Waals surface area contributed by atoms with Crippen LogP contribution in [0.15, 0.2) is 22.4 Å². The molecule has 0 fully saturated rings. The molecule has 0 saturated heterocycles. The third-order valence-electron chi connectivity index (χ3n) is 4.18. The first-order valence-corrected chi connectivity index (χ1v) is 8.71. The minimum absolute atomic E-state index is 0.171. The van der Waals surface area contributed by atoms with Crippen molar-refractivity contribution in [1.82, 2.24) is 30.0 Å². The van der Waals surface area contributed by atoms with Gasteiger partial charge in [0.1, 0.15) is 10.5 Å². The molecular weight excluding hydrogens is 340 g/mol. The summed E-state index contributed by atoms with van der Waals surface area (Å²) in [5, 5.41) is 8.95. The summed E-state index contributed by atoms with van der Waals surface area (Å²) in [7, 11) is 3.53. The smallest absolute Gasteiger partial charge is 0.318 e. The molecular formula is C16H20N6O2S. The summed E-state index contributed by atoms with van der Waals surface area (Å²) in [6.45, 7) is 4.08. The van der Waals surface area contributed by atoms with Crippen LogP contribution in [0.25, 0.3) is 10.2 Å². The van der Waals surface area contributed by atoms with Gasteiger partial charge < -0.3 is 15.2 Å². The second-order valence-corrected chi connectivity index (χ2v) is 6.90. The standard InChI is InChI=1S/C16H20N6O2S/c1-9(11-7-17-22(4)10(11)2)18-16(24)21(3)8-13-19-12-5-6-25-14(12)15(23)20-13/h5-7,9H,8H2,1-4H3,(H,18,24)(H,19,20,23)/t9-/m0/s1. The molecule has 0 aliphatic rings. The Bertz CT molecular complexity index is 973. The second-order valence-electron chi connectivity index (χ2n) is 5.98. The molecule has 2 amide bonds. The Morgan fingerprint density at radius 2 is 2.28 bits per heavy atom. The van der Waals surface area contributed by atoms with Crippen LogP contribution in [0.4, 0.5) is 4.79 Å². The third-order valence-corrected chi connectivity index (χ3v) is 5.08. The Labute approximate surface area is 148 Å². The maximum Gasteiger partial charge on any atom is 0.318 e. The van der Waals surface area contributed by atoms with Crippen LogP contribution in [-0.2, 0) is 13.6 Å². The summed E-state index contributed by atoms with van der Waals surface area (Å²) in [5.74, 6) is 0.457. The Hall–Kier alpha value is -2.68. The number of urea groups is 1. The van der Waals surface area contributed by atoms with Gasteiger partial charge in [0.15, 0.2) is 0 Å². The van der Waals surface area contributed by atoms with Crippen molar-refractivity contribution < 1.29 is 4.79 Å². The normalized spacial score (nSPS) is 12.3. The summed E-state index contributed by atoms with van der Waals surface area (Å²) in [5.41, 5.74) is 2.44. The minimum atomic E-state index is -0.246. The molecule has 0 unspecified atom stereocenters. The SMILES string of the molecule is Cc1c([C@H](C)NC(=O)N(C)Cc2nc3ccsc3c(=O)[nH]2)cnn1C. The zero-order chi connectivity index (χ0) is 18.1. The quantitative estimate of drug-likeness (QED) is 0.743. The number of aromatic nitrogens is 4. The Kier molecular flexibility index (Phi) is 4.58. The van der Waals surface area contributed by atoms with Crippen LogP contribution in [0, 0.1) is 6.92 Å². The lowest BCUT2D eigenvalue weighted by Gasteiger charge is -2.21. The van der Waals surface area contributed by atoms with Gasteiger partial charge in [0.25, 0.3) is 5.56 Å². The summed E-state index contributed by atoms with van der Waals surface area (Å²) in [4.78, 5) is 33.0. The lowest BCUT2D eigenvalue weighted by Crippen LogP contribution is -2.38. The van der Waals surface area contributed by atoms with Crippen molar-refractivity contribution >= 4 is 27.6 Å². The van der Waals surface area contributed by atoms with Gasteiger partial charge >= 0.3 is 6.03 Å². The van der Waals surface area contributed by atoms with Gasteiger partial charge in [-0.15, -0.1) is 11.3 Å². The summed E-state index contributed by atoms with van der Waals surface area (Å²) in [6, 6.07) is 1.38. The number of hydrogen-bond donors (Lipinski definition) is 2. The molecule has 0 aliphatic heterocycles. The average molecular weight is 360 g/mol. The number of amides is 2. The fourth-order valence-electron chi connectivity index (χ4n) is 2.61. The van der Waals surface area contributed by atoms with Crippen LogP contribution in [0.1, 0.15) is 30.0 Å². The summed E-state index contributed by atoms with van der Waals surface area (Å²) in [6.07, 6.45) is 1.75. The first-order valence-electron chi connectivity index (χ1n) is 7.83. The number of carbonyl (C=O) groups is 1. The van der Waals surface area contributed by atoms with Gasteiger partial charge in [-0.3, -0.25) is 9.48 Å². The molecule has 0 bridgehead atoms. The highest BCUT2D eigenvalue weighted by Crippen LogP contribution is 2.17. The van der Waals surface area contributed by atoms with E-state index in [0.29, 0.717) is 16.0 Å². The predicted molar refractivity (Wildman–Crippen MR) is 96.6 cm³/mol. The van der Waals surface area contributed by atoms with Crippen LogP contribution in [-0.4, -0.2) is 37.7 Å². The van der Waals surface area contributed by atoms with Crippen molar-refractivity contribution in [2.45, 2.75) is 26.4 Å². The lowest BCUT2D eigenvalue weighted by atomic mass is 10.1. The number of aromatic amines is 1. The van der Waals surface area contributed by atoms with Crippen LogP contribution in [0.3, 0.4) is 0 Å². The molecule has 3 aromatic heterocycles. The average Bonchev–Trinajstić information content (AvgIpc) is 3.15. The van der Waals surface area contributed by atoms with Crippen LogP contribution < -0.4 is 10.9 Å². The van der Waals surface area contributed by atoms with E-state index in [2.05, 4.69) is 20.4 Å². The van der Waals surface area contributed by atoms with E-state index in [1.54, 1.807) is 24.0 Å². The Morgan fingerprint density at radius 3 is 2.96 bits per heavy atom. The van der Waals surface area contributed by atoms with E-state index in [1.807, 2.05) is 26.3 Å². The van der Waals surface area contributed by atoms with E-state index < -0.39 is 0 Å². The van der Waals surface area contributed by atoms with Crippen molar-refractivity contribution in [3.63, 3.8) is 0 Å². The van der Waals surface area contributed by atoms with Crippen LogP contribution in [0.5, 0.6) is 0 Å². The van der Waals surface area contributed by atoms with Crippen LogP contribution in [0.2, 0.25) is 0 Å². The van der Waals surface area contributed by atoms with E-state index in [9.17, 15) is 9.59 Å². The highest BCUT2D eigenvalue weighted by Gasteiger charge is 2.18. The molecule has 9 heteroatoms. The minimum Gasteiger partial charge on any atom is -0.331 e. The molecule has 0 aliphatic carbocycles. The summed E-state index contributed by atoms with van der Waals surface area (Å²) >= 11 is 1.35. The van der Waals surface area contributed by atoms with Gasteiger partial charge in [-0.05, 0) is 25.3 Å². The Morgan fingerprint density at radius 1 is 1.52 bits per heavy atom. The number of nitrogens with one attached hydrogen (secondary N) is 2. The number of hydrogen-bond acceptors (Lipinski definition) is 5. The molecule has 0 spiro atoms. The predicted octanol–water partition coefficient (Wildman–Crippen LogP) is 1.93. The number of aryl methyl sites for hydroxylation is 1. The maximum absolute atomic E-state index is 12.4. The number of thiophene rings is 1. The van der Waals surface area contributed by atoms with Crippen molar-refractivity contribution in [3.8, 4) is 0 Å². The first-order chi connectivity index (χ1) is 11.9. The number of H-pyrrole nitrogens is 1. The van der Waals surface area contributed by atoms with Gasteiger partial charge in [0.2, 0.25) is 0 Å². The molecule has 8 nitrogen and oxygen atoms in total. The van der Waals surface area contributed by atoms with Gasteiger partial charge in [0.05, 0.1) is 24.3 Å². The molecule has 2 N–H and O–H groups in total. The van der Waals surface area contributed by atoms with E-state index in [0.717, 1.165) is 11.3 Å². The van der Waals surface area contributed by atoms with Gasteiger partial charge in [0, 0.05) is 25.4 Å². The largest absolute Gasteiger partial charge is 0.331 e. The van der Waals surface area contributed by atoms with E-state index in [1.165, 1.54) is 16.2 Å². The van der Waals surface area contributed by atoms with Gasteiger partial charge in [-0.1, -0.05) is 0 Å². The van der Waals surface area contributed by atoms with Crippen molar-refractivity contribution in [3.05, 3.63) is 45.1 Å². The molecule has 3 rings (SSSR count). The Balaban J connectivity index is 1.69. The molecule has 3 heterocycles. The monoisotopic (exact) mass is 360 g/mol.